The first-order valence-corrected chi connectivity index (χ1v) is 10.2. The first-order chi connectivity index (χ1) is 14.0. The minimum absolute atomic E-state index is 0.0747. The van der Waals surface area contributed by atoms with Crippen molar-refractivity contribution in [2.75, 3.05) is 23.3 Å². The predicted octanol–water partition coefficient (Wildman–Crippen LogP) is 4.14. The summed E-state index contributed by atoms with van der Waals surface area (Å²) in [5.41, 5.74) is 2.79. The number of amides is 2. The molecule has 2 aromatic rings. The van der Waals surface area contributed by atoms with Gasteiger partial charge in [0.05, 0.1) is 12.0 Å². The van der Waals surface area contributed by atoms with Crippen LogP contribution in [0.25, 0.3) is 0 Å². The maximum absolute atomic E-state index is 13.0. The van der Waals surface area contributed by atoms with Gasteiger partial charge in [-0.3, -0.25) is 9.59 Å². The molecule has 0 saturated carbocycles. The molecule has 2 aromatic carbocycles. The quantitative estimate of drug-likeness (QED) is 0.738. The predicted molar refractivity (Wildman–Crippen MR) is 114 cm³/mol. The molecule has 0 bridgehead atoms. The second-order valence-electron chi connectivity index (χ2n) is 7.56. The van der Waals surface area contributed by atoms with Crippen LogP contribution in [0.3, 0.4) is 0 Å². The van der Waals surface area contributed by atoms with E-state index < -0.39 is 0 Å². The summed E-state index contributed by atoms with van der Waals surface area (Å²) in [6, 6.07) is 11.4. The largest absolute Gasteiger partial charge is 0.371 e. The molecule has 2 amide bonds. The molecular formula is C23H28FN3O2. The van der Waals surface area contributed by atoms with Gasteiger partial charge in [-0.25, -0.2) is 4.39 Å². The van der Waals surface area contributed by atoms with Gasteiger partial charge >= 0.3 is 0 Å². The van der Waals surface area contributed by atoms with E-state index in [9.17, 15) is 14.0 Å². The van der Waals surface area contributed by atoms with Crippen molar-refractivity contribution in [1.29, 1.82) is 0 Å². The van der Waals surface area contributed by atoms with E-state index in [1.165, 1.54) is 12.1 Å². The van der Waals surface area contributed by atoms with Crippen LogP contribution >= 0.6 is 0 Å². The molecule has 0 spiro atoms. The van der Waals surface area contributed by atoms with E-state index in [0.29, 0.717) is 11.3 Å². The molecule has 154 valence electrons. The summed E-state index contributed by atoms with van der Waals surface area (Å²) in [5.74, 6) is -0.668. The van der Waals surface area contributed by atoms with Gasteiger partial charge in [0.2, 0.25) is 5.91 Å². The van der Waals surface area contributed by atoms with Gasteiger partial charge in [0.25, 0.3) is 5.91 Å². The van der Waals surface area contributed by atoms with Gasteiger partial charge in [-0.2, -0.15) is 0 Å². The standard InChI is InChI=1S/C23H28FN3O2/c1-3-16(2)25-23(29)20-15-19(10-11-21(20)27-12-4-5-13-27)26-22(28)14-17-6-8-18(24)9-7-17/h6-11,15-16H,3-5,12-14H2,1-2H3,(H,25,29)(H,26,28). The summed E-state index contributed by atoms with van der Waals surface area (Å²) in [4.78, 5) is 27.5. The fourth-order valence-corrected chi connectivity index (χ4v) is 3.43. The van der Waals surface area contributed by atoms with Crippen LogP contribution in [0.15, 0.2) is 42.5 Å². The molecular weight excluding hydrogens is 369 g/mol. The van der Waals surface area contributed by atoms with Crippen molar-refractivity contribution in [3.8, 4) is 0 Å². The minimum Gasteiger partial charge on any atom is -0.371 e. The van der Waals surface area contributed by atoms with Crippen LogP contribution in [0.2, 0.25) is 0 Å². The summed E-state index contributed by atoms with van der Waals surface area (Å²) in [6.45, 7) is 5.86. The number of hydrogen-bond acceptors (Lipinski definition) is 3. The highest BCUT2D eigenvalue weighted by atomic mass is 19.1. The van der Waals surface area contributed by atoms with Gasteiger partial charge in [0.1, 0.15) is 5.82 Å². The van der Waals surface area contributed by atoms with E-state index >= 15 is 0 Å². The number of benzene rings is 2. The van der Waals surface area contributed by atoms with Gasteiger partial charge in [-0.1, -0.05) is 19.1 Å². The molecule has 1 atom stereocenters. The number of nitrogens with zero attached hydrogens (tertiary/aromatic N) is 1. The van der Waals surface area contributed by atoms with Gasteiger partial charge in [0, 0.05) is 30.5 Å². The molecule has 1 unspecified atom stereocenters. The smallest absolute Gasteiger partial charge is 0.253 e. The molecule has 29 heavy (non-hydrogen) atoms. The number of rotatable bonds is 7. The minimum atomic E-state index is -0.330. The Bertz CT molecular complexity index is 861. The summed E-state index contributed by atoms with van der Waals surface area (Å²) in [6.07, 6.45) is 3.21. The number of carbonyl (C=O) groups excluding carboxylic acids is 2. The van der Waals surface area contributed by atoms with E-state index in [1.807, 2.05) is 26.0 Å². The second-order valence-corrected chi connectivity index (χ2v) is 7.56. The molecule has 1 aliphatic heterocycles. The second kappa shape index (κ2) is 9.54. The lowest BCUT2D eigenvalue weighted by molar-refractivity contribution is -0.115. The Morgan fingerprint density at radius 3 is 2.45 bits per heavy atom. The van der Waals surface area contributed by atoms with Crippen molar-refractivity contribution in [3.05, 3.63) is 59.4 Å². The topological polar surface area (TPSA) is 61.4 Å². The Hall–Kier alpha value is -2.89. The third-order valence-electron chi connectivity index (χ3n) is 5.24. The van der Waals surface area contributed by atoms with E-state index in [1.54, 1.807) is 18.2 Å². The zero-order valence-electron chi connectivity index (χ0n) is 17.0. The van der Waals surface area contributed by atoms with Crippen LogP contribution in [-0.2, 0) is 11.2 Å². The lowest BCUT2D eigenvalue weighted by Gasteiger charge is -2.23. The number of anilines is 2. The maximum atomic E-state index is 13.0. The monoisotopic (exact) mass is 397 g/mol. The van der Waals surface area contributed by atoms with E-state index in [-0.39, 0.29) is 30.1 Å². The maximum Gasteiger partial charge on any atom is 0.253 e. The summed E-state index contributed by atoms with van der Waals surface area (Å²) in [5, 5.41) is 5.88. The molecule has 5 nitrogen and oxygen atoms in total. The molecule has 0 aliphatic carbocycles. The Kier molecular flexibility index (Phi) is 6.86. The molecule has 1 saturated heterocycles. The van der Waals surface area contributed by atoms with Crippen molar-refractivity contribution in [3.63, 3.8) is 0 Å². The van der Waals surface area contributed by atoms with E-state index in [2.05, 4.69) is 15.5 Å². The number of hydrogen-bond donors (Lipinski definition) is 2. The van der Waals surface area contributed by atoms with Gasteiger partial charge in [-0.15, -0.1) is 0 Å². The van der Waals surface area contributed by atoms with Gasteiger partial charge in [-0.05, 0) is 62.1 Å². The van der Waals surface area contributed by atoms with Crippen LogP contribution in [0.1, 0.15) is 49.0 Å². The lowest BCUT2D eigenvalue weighted by Crippen LogP contribution is -2.33. The summed E-state index contributed by atoms with van der Waals surface area (Å²) < 4.78 is 13.0. The average molecular weight is 397 g/mol. The highest BCUT2D eigenvalue weighted by Gasteiger charge is 2.21. The van der Waals surface area contributed by atoms with Crippen LogP contribution in [0.4, 0.5) is 15.8 Å². The van der Waals surface area contributed by atoms with Crippen molar-refractivity contribution in [2.45, 2.75) is 45.6 Å². The van der Waals surface area contributed by atoms with Crippen molar-refractivity contribution in [2.24, 2.45) is 0 Å². The third kappa shape index (κ3) is 5.56. The van der Waals surface area contributed by atoms with Crippen LogP contribution in [0.5, 0.6) is 0 Å². The fraction of sp³-hybridized carbons (Fsp3) is 0.391. The van der Waals surface area contributed by atoms with Crippen LogP contribution < -0.4 is 15.5 Å². The molecule has 1 fully saturated rings. The SMILES string of the molecule is CCC(C)NC(=O)c1cc(NC(=O)Cc2ccc(F)cc2)ccc1N1CCCC1. The molecule has 0 aromatic heterocycles. The molecule has 0 radical (unpaired) electrons. The Labute approximate surface area is 171 Å². The third-order valence-corrected chi connectivity index (χ3v) is 5.24. The molecule has 3 rings (SSSR count). The zero-order valence-corrected chi connectivity index (χ0v) is 17.0. The molecule has 1 heterocycles. The first-order valence-electron chi connectivity index (χ1n) is 10.2. The van der Waals surface area contributed by atoms with E-state index in [0.717, 1.165) is 43.6 Å². The average Bonchev–Trinajstić information content (AvgIpc) is 3.24. The molecule has 2 N–H and O–H groups in total. The zero-order chi connectivity index (χ0) is 20.8. The molecule has 6 heteroatoms. The highest BCUT2D eigenvalue weighted by molar-refractivity contribution is 6.02. The molecule has 1 aliphatic rings. The lowest BCUT2D eigenvalue weighted by atomic mass is 10.1. The summed E-state index contributed by atoms with van der Waals surface area (Å²) >= 11 is 0. The van der Waals surface area contributed by atoms with Gasteiger partial charge < -0.3 is 15.5 Å². The number of carbonyl (C=O) groups is 2. The van der Waals surface area contributed by atoms with Gasteiger partial charge in [0.15, 0.2) is 0 Å². The number of halogens is 1. The van der Waals surface area contributed by atoms with Crippen LogP contribution in [-0.4, -0.2) is 30.9 Å². The van der Waals surface area contributed by atoms with Crippen LogP contribution in [0, 0.1) is 5.82 Å². The Morgan fingerprint density at radius 2 is 1.79 bits per heavy atom. The number of nitrogens with one attached hydrogen (secondary N) is 2. The normalized spacial score (nSPS) is 14.5. The Morgan fingerprint density at radius 1 is 1.10 bits per heavy atom. The highest BCUT2D eigenvalue weighted by Crippen LogP contribution is 2.28. The Balaban J connectivity index is 1.77. The van der Waals surface area contributed by atoms with Crippen molar-refractivity contribution in [1.82, 2.24) is 5.32 Å². The van der Waals surface area contributed by atoms with E-state index in [4.69, 9.17) is 0 Å². The van der Waals surface area contributed by atoms with Crippen molar-refractivity contribution >= 4 is 23.2 Å². The van der Waals surface area contributed by atoms with Crippen molar-refractivity contribution < 1.29 is 14.0 Å². The summed E-state index contributed by atoms with van der Waals surface area (Å²) in [7, 11) is 0. The first kappa shape index (κ1) is 20.8. The fourth-order valence-electron chi connectivity index (χ4n) is 3.43.